The first kappa shape index (κ1) is 19.2. The van der Waals surface area contributed by atoms with Crippen molar-refractivity contribution in [3.8, 4) is 11.3 Å². The fraction of sp³-hybridized carbons (Fsp3) is 0.471. The van der Waals surface area contributed by atoms with E-state index in [9.17, 15) is 4.39 Å². The summed E-state index contributed by atoms with van der Waals surface area (Å²) in [5.74, 6) is 0.556. The van der Waals surface area contributed by atoms with Gasteiger partial charge in [-0.05, 0) is 49.6 Å². The van der Waals surface area contributed by atoms with Gasteiger partial charge in [0.2, 0.25) is 0 Å². The van der Waals surface area contributed by atoms with Gasteiger partial charge in [-0.25, -0.2) is 4.39 Å². The third-order valence-electron chi connectivity index (χ3n) is 4.95. The van der Waals surface area contributed by atoms with Crippen molar-refractivity contribution in [2.24, 2.45) is 5.92 Å². The molecule has 0 spiro atoms. The predicted octanol–water partition coefficient (Wildman–Crippen LogP) is 3.24. The van der Waals surface area contributed by atoms with E-state index in [0.717, 1.165) is 43.4 Å². The first-order valence-corrected chi connectivity index (χ1v) is 8.02. The third-order valence-corrected chi connectivity index (χ3v) is 4.95. The maximum Gasteiger partial charge on any atom is 0.123 e. The molecule has 3 aliphatic rings. The SMILES string of the molecule is Cl.Cl.Fc1ccc(-c2[nH]ncc2CN2C[C@@H]3CC[C@H]2CNC3)cc1. The van der Waals surface area contributed by atoms with Crippen molar-refractivity contribution in [1.29, 1.82) is 0 Å². The molecule has 3 fully saturated rings. The van der Waals surface area contributed by atoms with Gasteiger partial charge in [0, 0.05) is 36.8 Å². The number of hydrogen-bond donors (Lipinski definition) is 2. The van der Waals surface area contributed by atoms with Crippen LogP contribution in [-0.4, -0.2) is 40.8 Å². The molecule has 2 bridgehead atoms. The number of aromatic amines is 1. The molecule has 2 aromatic rings. The van der Waals surface area contributed by atoms with E-state index >= 15 is 0 Å². The van der Waals surface area contributed by atoms with Crippen molar-refractivity contribution >= 4 is 24.8 Å². The molecule has 2 atom stereocenters. The molecule has 4 nitrogen and oxygen atoms in total. The fourth-order valence-electron chi connectivity index (χ4n) is 3.74. The fourth-order valence-corrected chi connectivity index (χ4v) is 3.74. The van der Waals surface area contributed by atoms with Gasteiger partial charge in [-0.2, -0.15) is 5.10 Å². The first-order chi connectivity index (χ1) is 10.8. The normalized spacial score (nSPS) is 23.2. The highest BCUT2D eigenvalue weighted by Crippen LogP contribution is 2.28. The van der Waals surface area contributed by atoms with Crippen LogP contribution < -0.4 is 5.32 Å². The van der Waals surface area contributed by atoms with Crippen LogP contribution in [0.25, 0.3) is 11.3 Å². The lowest BCUT2D eigenvalue weighted by atomic mass is 9.94. The number of nitrogens with one attached hydrogen (secondary N) is 2. The largest absolute Gasteiger partial charge is 0.315 e. The molecule has 0 radical (unpaired) electrons. The molecule has 3 aliphatic heterocycles. The quantitative estimate of drug-likeness (QED) is 0.868. The summed E-state index contributed by atoms with van der Waals surface area (Å²) in [5.41, 5.74) is 3.19. The second kappa shape index (κ2) is 8.30. The maximum atomic E-state index is 13.1. The van der Waals surface area contributed by atoms with Gasteiger partial charge in [0.1, 0.15) is 5.82 Å². The molecule has 2 N–H and O–H groups in total. The zero-order chi connectivity index (χ0) is 14.9. The molecule has 1 aromatic carbocycles. The van der Waals surface area contributed by atoms with Crippen molar-refractivity contribution < 1.29 is 4.39 Å². The number of hydrogen-bond acceptors (Lipinski definition) is 3. The molecule has 24 heavy (non-hydrogen) atoms. The van der Waals surface area contributed by atoms with Crippen LogP contribution in [0.3, 0.4) is 0 Å². The zero-order valence-electron chi connectivity index (χ0n) is 13.4. The van der Waals surface area contributed by atoms with Crippen molar-refractivity contribution in [3.63, 3.8) is 0 Å². The Morgan fingerprint density at radius 2 is 1.92 bits per heavy atom. The van der Waals surface area contributed by atoms with E-state index < -0.39 is 0 Å². The average Bonchev–Trinajstić information content (AvgIpc) is 2.76. The van der Waals surface area contributed by atoms with E-state index in [-0.39, 0.29) is 30.6 Å². The van der Waals surface area contributed by atoms with Gasteiger partial charge < -0.3 is 5.32 Å². The lowest BCUT2D eigenvalue weighted by molar-refractivity contribution is 0.126. The molecule has 3 saturated heterocycles. The maximum absolute atomic E-state index is 13.1. The Bertz CT molecular complexity index is 642. The van der Waals surface area contributed by atoms with Gasteiger partial charge in [0.05, 0.1) is 11.9 Å². The van der Waals surface area contributed by atoms with Gasteiger partial charge in [-0.3, -0.25) is 10.00 Å². The van der Waals surface area contributed by atoms with Gasteiger partial charge in [0.15, 0.2) is 0 Å². The van der Waals surface area contributed by atoms with Gasteiger partial charge in [-0.15, -0.1) is 24.8 Å². The van der Waals surface area contributed by atoms with E-state index in [1.807, 2.05) is 18.3 Å². The van der Waals surface area contributed by atoms with Crippen molar-refractivity contribution in [3.05, 3.63) is 41.8 Å². The van der Waals surface area contributed by atoms with Crippen LogP contribution in [0, 0.1) is 11.7 Å². The Morgan fingerprint density at radius 1 is 1.12 bits per heavy atom. The number of piperidine rings is 1. The lowest BCUT2D eigenvalue weighted by Gasteiger charge is -2.36. The average molecular weight is 373 g/mol. The summed E-state index contributed by atoms with van der Waals surface area (Å²) >= 11 is 0. The van der Waals surface area contributed by atoms with Gasteiger partial charge >= 0.3 is 0 Å². The monoisotopic (exact) mass is 372 g/mol. The number of aromatic nitrogens is 2. The van der Waals surface area contributed by atoms with Gasteiger partial charge in [0.25, 0.3) is 0 Å². The predicted molar refractivity (Wildman–Crippen MR) is 98.3 cm³/mol. The second-order valence-corrected chi connectivity index (χ2v) is 6.46. The highest BCUT2D eigenvalue weighted by atomic mass is 35.5. The lowest BCUT2D eigenvalue weighted by Crippen LogP contribution is -2.43. The molecular formula is C17H23Cl2FN4. The number of nitrogens with zero attached hydrogens (tertiary/aromatic N) is 2. The molecular weight excluding hydrogens is 350 g/mol. The summed E-state index contributed by atoms with van der Waals surface area (Å²) in [5, 5.41) is 10.9. The molecule has 5 rings (SSSR count). The highest BCUT2D eigenvalue weighted by Gasteiger charge is 2.31. The van der Waals surface area contributed by atoms with Crippen LogP contribution in [0.5, 0.6) is 0 Å². The van der Waals surface area contributed by atoms with Crippen molar-refractivity contribution in [2.45, 2.75) is 25.4 Å². The Labute approximate surface area is 154 Å². The molecule has 0 aliphatic carbocycles. The third kappa shape index (κ3) is 3.91. The summed E-state index contributed by atoms with van der Waals surface area (Å²) in [7, 11) is 0. The van der Waals surface area contributed by atoms with Crippen LogP contribution in [0.1, 0.15) is 18.4 Å². The van der Waals surface area contributed by atoms with Crippen LogP contribution in [-0.2, 0) is 6.54 Å². The number of halogens is 3. The Balaban J connectivity index is 0.00000104. The van der Waals surface area contributed by atoms with Crippen LogP contribution in [0.15, 0.2) is 30.5 Å². The summed E-state index contributed by atoms with van der Waals surface area (Å²) in [6.07, 6.45) is 4.52. The number of benzene rings is 1. The highest BCUT2D eigenvalue weighted by molar-refractivity contribution is 5.85. The Hall–Kier alpha value is -1.14. The molecule has 0 amide bonds. The number of fused-ring (bicyclic) bond motifs is 4. The topological polar surface area (TPSA) is 44.0 Å². The summed E-state index contributed by atoms with van der Waals surface area (Å²) < 4.78 is 13.1. The summed E-state index contributed by atoms with van der Waals surface area (Å²) in [6.45, 7) is 4.29. The molecule has 0 saturated carbocycles. The van der Waals surface area contributed by atoms with Crippen LogP contribution >= 0.6 is 24.8 Å². The van der Waals surface area contributed by atoms with E-state index in [1.165, 1.54) is 30.5 Å². The van der Waals surface area contributed by atoms with Crippen LogP contribution in [0.2, 0.25) is 0 Å². The molecule has 7 heteroatoms. The Morgan fingerprint density at radius 3 is 2.71 bits per heavy atom. The minimum atomic E-state index is -0.208. The van der Waals surface area contributed by atoms with E-state index in [1.54, 1.807) is 0 Å². The van der Waals surface area contributed by atoms with Gasteiger partial charge in [-0.1, -0.05) is 0 Å². The molecule has 4 heterocycles. The minimum Gasteiger partial charge on any atom is -0.315 e. The van der Waals surface area contributed by atoms with E-state index in [4.69, 9.17) is 0 Å². The molecule has 0 unspecified atom stereocenters. The van der Waals surface area contributed by atoms with E-state index in [0.29, 0.717) is 6.04 Å². The molecule has 1 aromatic heterocycles. The summed E-state index contributed by atoms with van der Waals surface area (Å²) in [6, 6.07) is 7.23. The van der Waals surface area contributed by atoms with Crippen LogP contribution in [0.4, 0.5) is 4.39 Å². The van der Waals surface area contributed by atoms with E-state index in [2.05, 4.69) is 20.4 Å². The van der Waals surface area contributed by atoms with Crippen molar-refractivity contribution in [1.82, 2.24) is 20.4 Å². The first-order valence-electron chi connectivity index (χ1n) is 8.02. The summed E-state index contributed by atoms with van der Waals surface area (Å²) in [4.78, 5) is 2.58. The standard InChI is InChI=1S/C17H21FN4.2ClH/c18-15-4-2-13(3-5-15)17-14(8-20-21-17)11-22-10-12-1-6-16(22)9-19-7-12;;/h2-5,8,12,16,19H,1,6-7,9-11H2,(H,20,21);2*1H/t12-,16+;;/m1../s1. The molecule has 132 valence electrons. The second-order valence-electron chi connectivity index (χ2n) is 6.46. The smallest absolute Gasteiger partial charge is 0.123 e. The number of rotatable bonds is 3. The number of H-pyrrole nitrogens is 1. The zero-order valence-corrected chi connectivity index (χ0v) is 15.0. The van der Waals surface area contributed by atoms with Crippen molar-refractivity contribution in [2.75, 3.05) is 19.6 Å². The Kier molecular flexibility index (Phi) is 6.63. The minimum absolute atomic E-state index is 0.